The Hall–Kier alpha value is -4.58. The first-order valence-electron chi connectivity index (χ1n) is 13.4. The number of nitrogens with zero attached hydrogens (tertiary/aromatic N) is 1. The fourth-order valence-electron chi connectivity index (χ4n) is 5.75. The van der Waals surface area contributed by atoms with Crippen molar-refractivity contribution < 1.29 is 18.8 Å². The number of halogens is 1. The fraction of sp³-hybridized carbons (Fsp3) is 0.206. The molecular weight excluding hydrogens is 503 g/mol. The number of carbonyl (C=O) groups excluding carboxylic acids is 3. The van der Waals surface area contributed by atoms with Gasteiger partial charge in [0.05, 0.1) is 12.0 Å². The zero-order chi connectivity index (χ0) is 28.2. The second-order valence-corrected chi connectivity index (χ2v) is 10.4. The molecule has 2 amide bonds. The Balaban J connectivity index is 1.77. The van der Waals surface area contributed by atoms with Crippen molar-refractivity contribution in [1.29, 1.82) is 0 Å². The molecule has 0 bridgehead atoms. The van der Waals surface area contributed by atoms with Gasteiger partial charge in [-0.15, -0.1) is 0 Å². The van der Waals surface area contributed by atoms with Crippen molar-refractivity contribution in [3.63, 3.8) is 0 Å². The maximum atomic E-state index is 14.4. The summed E-state index contributed by atoms with van der Waals surface area (Å²) in [5, 5.41) is 3.00. The van der Waals surface area contributed by atoms with Gasteiger partial charge in [-0.25, -0.2) is 4.39 Å². The minimum atomic E-state index is -0.995. The predicted molar refractivity (Wildman–Crippen MR) is 152 cm³/mol. The predicted octanol–water partition coefficient (Wildman–Crippen LogP) is 6.20. The van der Waals surface area contributed by atoms with E-state index in [-0.39, 0.29) is 23.3 Å². The fourth-order valence-corrected chi connectivity index (χ4v) is 5.75. The van der Waals surface area contributed by atoms with Crippen molar-refractivity contribution in [1.82, 2.24) is 10.2 Å². The summed E-state index contributed by atoms with van der Waals surface area (Å²) in [6.07, 6.45) is 0. The normalized spacial score (nSPS) is 20.4. The maximum absolute atomic E-state index is 14.4. The van der Waals surface area contributed by atoms with Crippen molar-refractivity contribution in [2.75, 3.05) is 0 Å². The molecule has 1 fully saturated rings. The lowest BCUT2D eigenvalue weighted by Gasteiger charge is -2.32. The summed E-state index contributed by atoms with van der Waals surface area (Å²) < 4.78 is 13.8. The molecule has 4 unspecified atom stereocenters. The molecule has 4 aromatic rings. The first kappa shape index (κ1) is 27.0. The van der Waals surface area contributed by atoms with Crippen LogP contribution >= 0.6 is 0 Å². The number of hydrogen-bond donors (Lipinski definition) is 1. The van der Waals surface area contributed by atoms with E-state index in [0.29, 0.717) is 5.56 Å². The molecule has 202 valence electrons. The number of benzene rings is 4. The van der Waals surface area contributed by atoms with Crippen molar-refractivity contribution in [3.05, 3.63) is 143 Å². The van der Waals surface area contributed by atoms with E-state index in [4.69, 9.17) is 0 Å². The van der Waals surface area contributed by atoms with Crippen molar-refractivity contribution >= 4 is 17.6 Å². The minimum absolute atomic E-state index is 0.153. The first-order valence-corrected chi connectivity index (χ1v) is 13.4. The Bertz CT molecular complexity index is 1470. The van der Waals surface area contributed by atoms with E-state index in [2.05, 4.69) is 5.32 Å². The molecule has 1 aliphatic heterocycles. The summed E-state index contributed by atoms with van der Waals surface area (Å²) >= 11 is 0. The third-order valence-corrected chi connectivity index (χ3v) is 7.38. The number of Topliss-reactive ketones (excluding diaryl/α,β-unsaturated/α-hetero) is 1. The van der Waals surface area contributed by atoms with Gasteiger partial charge in [0.1, 0.15) is 11.9 Å². The third-order valence-electron chi connectivity index (χ3n) is 7.38. The highest BCUT2D eigenvalue weighted by Crippen LogP contribution is 2.51. The minimum Gasteiger partial charge on any atom is -0.352 e. The molecule has 1 saturated heterocycles. The van der Waals surface area contributed by atoms with Gasteiger partial charge < -0.3 is 10.2 Å². The summed E-state index contributed by atoms with van der Waals surface area (Å²) in [4.78, 5) is 44.4. The van der Waals surface area contributed by atoms with Crippen molar-refractivity contribution in [2.24, 2.45) is 5.92 Å². The molecule has 6 heteroatoms. The maximum Gasteiger partial charge on any atom is 0.255 e. The Morgan fingerprint density at radius 3 is 1.77 bits per heavy atom. The smallest absolute Gasteiger partial charge is 0.255 e. The summed E-state index contributed by atoms with van der Waals surface area (Å²) in [5.74, 6) is -2.81. The molecule has 0 spiro atoms. The Morgan fingerprint density at radius 1 is 0.700 bits per heavy atom. The molecule has 5 rings (SSSR count). The topological polar surface area (TPSA) is 66.5 Å². The van der Waals surface area contributed by atoms with Crippen LogP contribution in [-0.2, 0) is 4.79 Å². The van der Waals surface area contributed by atoms with Crippen LogP contribution in [0.3, 0.4) is 0 Å². The number of carbonyl (C=O) groups is 3. The van der Waals surface area contributed by atoms with Gasteiger partial charge in [0.25, 0.3) is 5.91 Å². The van der Waals surface area contributed by atoms with Gasteiger partial charge in [-0.1, -0.05) is 91.0 Å². The number of nitrogens with one attached hydrogen (secondary N) is 1. The van der Waals surface area contributed by atoms with E-state index in [1.165, 1.54) is 24.3 Å². The molecule has 40 heavy (non-hydrogen) atoms. The molecule has 1 heterocycles. The highest BCUT2D eigenvalue weighted by Gasteiger charge is 2.57. The molecule has 0 radical (unpaired) electrons. The quantitative estimate of drug-likeness (QED) is 0.287. The first-order chi connectivity index (χ1) is 19.4. The zero-order valence-corrected chi connectivity index (χ0v) is 22.4. The molecule has 0 saturated carbocycles. The second kappa shape index (κ2) is 11.7. The van der Waals surface area contributed by atoms with Crippen LogP contribution in [0.2, 0.25) is 0 Å². The van der Waals surface area contributed by atoms with Gasteiger partial charge in [-0.2, -0.15) is 0 Å². The van der Waals surface area contributed by atoms with E-state index in [9.17, 15) is 18.8 Å². The summed E-state index contributed by atoms with van der Waals surface area (Å²) in [6.45, 7) is 3.72. The summed E-state index contributed by atoms with van der Waals surface area (Å²) in [6, 6.07) is 31.1. The number of rotatable bonds is 7. The standard InChI is InChI=1S/C34H31FN2O3/c1-22(2)36-33(39)31-28(23-12-6-3-7-13-23)29(32(38)25-16-10-5-11-17-25)30(24-14-8-4-9-15-24)37(31)34(40)26-18-20-27(35)21-19-26/h3-22,28-31H,1-2H3,(H,36,39). The molecule has 1 aliphatic rings. The molecule has 0 aromatic heterocycles. The number of amides is 2. The van der Waals surface area contributed by atoms with E-state index >= 15 is 0 Å². The van der Waals surface area contributed by atoms with Crippen molar-refractivity contribution in [2.45, 2.75) is 37.9 Å². The van der Waals surface area contributed by atoms with Crippen LogP contribution in [0.15, 0.2) is 115 Å². The molecule has 1 N–H and O–H groups in total. The van der Waals surface area contributed by atoms with Crippen LogP contribution in [0.1, 0.15) is 57.7 Å². The van der Waals surface area contributed by atoms with Crippen LogP contribution in [0.4, 0.5) is 4.39 Å². The monoisotopic (exact) mass is 534 g/mol. The van der Waals surface area contributed by atoms with Gasteiger partial charge in [-0.05, 0) is 49.2 Å². The van der Waals surface area contributed by atoms with E-state index < -0.39 is 35.6 Å². The van der Waals surface area contributed by atoms with Crippen LogP contribution in [0.5, 0.6) is 0 Å². The molecule has 4 aromatic carbocycles. The average Bonchev–Trinajstić information content (AvgIpc) is 3.34. The highest BCUT2D eigenvalue weighted by atomic mass is 19.1. The zero-order valence-electron chi connectivity index (χ0n) is 22.4. The van der Waals surface area contributed by atoms with Crippen LogP contribution < -0.4 is 5.32 Å². The molecule has 4 atom stereocenters. The number of likely N-dealkylation sites (tertiary alicyclic amines) is 1. The summed E-state index contributed by atoms with van der Waals surface area (Å²) in [5.41, 5.74) is 2.28. The van der Waals surface area contributed by atoms with Crippen LogP contribution in [0.25, 0.3) is 0 Å². The largest absolute Gasteiger partial charge is 0.352 e. The Kier molecular flexibility index (Phi) is 7.87. The number of ketones is 1. The molecule has 0 aliphatic carbocycles. The van der Waals surface area contributed by atoms with Gasteiger partial charge in [-0.3, -0.25) is 14.4 Å². The lowest BCUT2D eigenvalue weighted by Crippen LogP contribution is -2.50. The van der Waals surface area contributed by atoms with Gasteiger partial charge in [0.2, 0.25) is 5.91 Å². The second-order valence-electron chi connectivity index (χ2n) is 10.4. The Labute approximate surface area is 233 Å². The van der Waals surface area contributed by atoms with Gasteiger partial charge >= 0.3 is 0 Å². The van der Waals surface area contributed by atoms with E-state index in [1.807, 2.05) is 92.7 Å². The van der Waals surface area contributed by atoms with E-state index in [1.54, 1.807) is 17.0 Å². The molecule has 5 nitrogen and oxygen atoms in total. The van der Waals surface area contributed by atoms with E-state index in [0.717, 1.165) is 11.1 Å². The van der Waals surface area contributed by atoms with Crippen LogP contribution in [-0.4, -0.2) is 34.6 Å². The average molecular weight is 535 g/mol. The van der Waals surface area contributed by atoms with Crippen LogP contribution in [0, 0.1) is 11.7 Å². The van der Waals surface area contributed by atoms with Gasteiger partial charge in [0, 0.05) is 23.1 Å². The van der Waals surface area contributed by atoms with Gasteiger partial charge in [0.15, 0.2) is 5.78 Å². The van der Waals surface area contributed by atoms with Crippen molar-refractivity contribution in [3.8, 4) is 0 Å². The lowest BCUT2D eigenvalue weighted by atomic mass is 9.76. The summed E-state index contributed by atoms with van der Waals surface area (Å²) in [7, 11) is 0. The lowest BCUT2D eigenvalue weighted by molar-refractivity contribution is -0.126. The SMILES string of the molecule is CC(C)NC(=O)C1C(c2ccccc2)C(C(=O)c2ccccc2)C(c2ccccc2)N1C(=O)c1ccc(F)cc1. The molecular formula is C34H31FN2O3. The third kappa shape index (κ3) is 5.30. The number of hydrogen-bond acceptors (Lipinski definition) is 3. The Morgan fingerprint density at radius 2 is 1.23 bits per heavy atom. The highest BCUT2D eigenvalue weighted by molar-refractivity contribution is 6.04.